The Balaban J connectivity index is 1.72. The fraction of sp³-hybridized carbons (Fsp3) is 0.0625. The zero-order valence-corrected chi connectivity index (χ0v) is 11.2. The van der Waals surface area contributed by atoms with Crippen molar-refractivity contribution in [3.8, 4) is 11.5 Å². The van der Waals surface area contributed by atoms with E-state index in [9.17, 15) is 0 Å². The predicted molar refractivity (Wildman–Crippen MR) is 82.0 cm³/mol. The molecule has 0 spiro atoms. The zero-order valence-electron chi connectivity index (χ0n) is 11.2. The first kappa shape index (κ1) is 11.8. The van der Waals surface area contributed by atoms with Gasteiger partial charge in [0.2, 0.25) is 6.79 Å². The van der Waals surface area contributed by atoms with E-state index >= 15 is 0 Å². The lowest BCUT2D eigenvalue weighted by atomic mass is 10.1. The van der Waals surface area contributed by atoms with Crippen LogP contribution in [-0.2, 0) is 0 Å². The van der Waals surface area contributed by atoms with Gasteiger partial charge < -0.3 is 15.2 Å². The van der Waals surface area contributed by atoms with Crippen molar-refractivity contribution in [1.29, 1.82) is 0 Å². The third kappa shape index (κ3) is 1.99. The van der Waals surface area contributed by atoms with Crippen LogP contribution in [0.1, 0.15) is 11.3 Å². The smallest absolute Gasteiger partial charge is 0.231 e. The van der Waals surface area contributed by atoms with Gasteiger partial charge in [0.25, 0.3) is 0 Å². The highest BCUT2D eigenvalue weighted by Crippen LogP contribution is 2.36. The van der Waals surface area contributed by atoms with Crippen LogP contribution in [0.3, 0.4) is 0 Å². The first-order chi connectivity index (χ1) is 10.3. The van der Waals surface area contributed by atoms with E-state index in [2.05, 4.69) is 10.2 Å². The summed E-state index contributed by atoms with van der Waals surface area (Å²) in [6.45, 7) is 0.242. The predicted octanol–water partition coefficient (Wildman–Crippen LogP) is 3.04. The number of H-pyrrole nitrogens is 1. The minimum absolute atomic E-state index is 0.242. The maximum atomic E-state index is 6.03. The Morgan fingerprint density at radius 1 is 1.10 bits per heavy atom. The number of fused-ring (bicyclic) bond motifs is 2. The number of para-hydroxylation sites is 1. The molecule has 0 aliphatic carbocycles. The van der Waals surface area contributed by atoms with Crippen LogP contribution in [0.25, 0.3) is 23.1 Å². The fourth-order valence-electron chi connectivity index (χ4n) is 2.40. The van der Waals surface area contributed by atoms with Gasteiger partial charge in [0.1, 0.15) is 0 Å². The number of aromatic nitrogens is 2. The number of rotatable bonds is 2. The summed E-state index contributed by atoms with van der Waals surface area (Å²) in [6.07, 6.45) is 3.87. The molecular weight excluding hydrogens is 266 g/mol. The second-order valence-electron chi connectivity index (χ2n) is 4.82. The average Bonchev–Trinajstić information content (AvgIpc) is 3.11. The van der Waals surface area contributed by atoms with Crippen LogP contribution in [0.2, 0.25) is 0 Å². The van der Waals surface area contributed by atoms with Crippen LogP contribution >= 0.6 is 0 Å². The molecule has 1 aliphatic heterocycles. The van der Waals surface area contributed by atoms with Crippen LogP contribution in [0.4, 0.5) is 5.69 Å². The van der Waals surface area contributed by atoms with Crippen molar-refractivity contribution in [2.45, 2.75) is 0 Å². The Bertz CT molecular complexity index is 852. The Kier molecular flexibility index (Phi) is 2.57. The molecule has 4 rings (SSSR count). The number of ether oxygens (including phenoxy) is 2. The molecule has 1 aromatic heterocycles. The van der Waals surface area contributed by atoms with Gasteiger partial charge in [-0.1, -0.05) is 24.3 Å². The number of hydrogen-bond donors (Lipinski definition) is 2. The molecule has 0 radical (unpaired) electrons. The molecule has 1 aliphatic rings. The fourth-order valence-corrected chi connectivity index (χ4v) is 2.40. The van der Waals surface area contributed by atoms with Gasteiger partial charge in [-0.2, -0.15) is 5.10 Å². The minimum atomic E-state index is 0.242. The third-order valence-electron chi connectivity index (χ3n) is 3.50. The van der Waals surface area contributed by atoms with Gasteiger partial charge in [-0.3, -0.25) is 5.10 Å². The Hall–Kier alpha value is -2.95. The molecular formula is C16H13N3O2. The van der Waals surface area contributed by atoms with Crippen molar-refractivity contribution < 1.29 is 9.47 Å². The molecule has 2 heterocycles. The lowest BCUT2D eigenvalue weighted by Gasteiger charge is -2.02. The molecule has 0 atom stereocenters. The summed E-state index contributed by atoms with van der Waals surface area (Å²) in [5.74, 6) is 1.41. The van der Waals surface area contributed by atoms with E-state index in [1.807, 2.05) is 42.5 Å². The summed E-state index contributed by atoms with van der Waals surface area (Å²) < 4.78 is 10.7. The molecule has 5 nitrogen and oxygen atoms in total. The van der Waals surface area contributed by atoms with E-state index in [1.54, 1.807) is 6.07 Å². The summed E-state index contributed by atoms with van der Waals surface area (Å²) in [5, 5.41) is 8.38. The van der Waals surface area contributed by atoms with E-state index in [4.69, 9.17) is 15.2 Å². The normalized spacial score (nSPS) is 13.3. The molecule has 0 unspecified atom stereocenters. The lowest BCUT2D eigenvalue weighted by molar-refractivity contribution is 0.174. The van der Waals surface area contributed by atoms with Crippen LogP contribution in [-0.4, -0.2) is 17.0 Å². The molecule has 0 amide bonds. The second-order valence-corrected chi connectivity index (χ2v) is 4.82. The number of aromatic amines is 1. The summed E-state index contributed by atoms with van der Waals surface area (Å²) in [5.41, 5.74) is 9.45. The summed E-state index contributed by atoms with van der Waals surface area (Å²) >= 11 is 0. The Labute approximate surface area is 121 Å². The molecule has 0 saturated carbocycles. The largest absolute Gasteiger partial charge is 0.454 e. The maximum Gasteiger partial charge on any atom is 0.231 e. The molecule has 2 aromatic carbocycles. The molecule has 21 heavy (non-hydrogen) atoms. The number of anilines is 1. The lowest BCUT2D eigenvalue weighted by Crippen LogP contribution is -1.92. The number of benzene rings is 2. The van der Waals surface area contributed by atoms with E-state index < -0.39 is 0 Å². The van der Waals surface area contributed by atoms with Crippen molar-refractivity contribution in [2.24, 2.45) is 0 Å². The number of nitrogens with two attached hydrogens (primary N) is 1. The number of nitrogen functional groups attached to an aromatic ring is 1. The van der Waals surface area contributed by atoms with E-state index in [1.165, 1.54) is 0 Å². The maximum absolute atomic E-state index is 6.03. The van der Waals surface area contributed by atoms with Gasteiger partial charge >= 0.3 is 0 Å². The quantitative estimate of drug-likeness (QED) is 0.707. The summed E-state index contributed by atoms with van der Waals surface area (Å²) in [6, 6.07) is 11.7. The van der Waals surface area contributed by atoms with Crippen molar-refractivity contribution >= 4 is 28.7 Å². The van der Waals surface area contributed by atoms with Crippen molar-refractivity contribution in [1.82, 2.24) is 10.2 Å². The first-order valence-electron chi connectivity index (χ1n) is 6.61. The molecule has 0 saturated heterocycles. The topological polar surface area (TPSA) is 73.2 Å². The Morgan fingerprint density at radius 2 is 1.90 bits per heavy atom. The molecule has 0 fully saturated rings. The number of hydrogen-bond acceptors (Lipinski definition) is 4. The standard InChI is InChI=1S/C16H13N3O2/c17-12-8-16-15(20-9-21-16)7-10(12)5-6-14-11-3-1-2-4-13(11)18-19-14/h1-8H,9,17H2,(H,18,19). The van der Waals surface area contributed by atoms with Crippen LogP contribution in [0.5, 0.6) is 11.5 Å². The first-order valence-corrected chi connectivity index (χ1v) is 6.61. The second kappa shape index (κ2) is 4.56. The van der Waals surface area contributed by atoms with Crippen molar-refractivity contribution in [3.05, 3.63) is 47.7 Å². The van der Waals surface area contributed by atoms with Crippen LogP contribution in [0.15, 0.2) is 36.4 Å². The van der Waals surface area contributed by atoms with Gasteiger partial charge in [0.15, 0.2) is 11.5 Å². The summed E-state index contributed by atoms with van der Waals surface area (Å²) in [7, 11) is 0. The summed E-state index contributed by atoms with van der Waals surface area (Å²) in [4.78, 5) is 0. The van der Waals surface area contributed by atoms with E-state index in [-0.39, 0.29) is 6.79 Å². The van der Waals surface area contributed by atoms with E-state index in [0.29, 0.717) is 11.4 Å². The highest BCUT2D eigenvalue weighted by atomic mass is 16.7. The van der Waals surface area contributed by atoms with E-state index in [0.717, 1.165) is 27.9 Å². The van der Waals surface area contributed by atoms with Crippen LogP contribution in [0, 0.1) is 0 Å². The highest BCUT2D eigenvalue weighted by Gasteiger charge is 2.15. The Morgan fingerprint density at radius 3 is 2.81 bits per heavy atom. The molecule has 3 N–H and O–H groups in total. The van der Waals surface area contributed by atoms with Gasteiger partial charge in [-0.15, -0.1) is 0 Å². The van der Waals surface area contributed by atoms with Gasteiger partial charge in [-0.25, -0.2) is 0 Å². The molecule has 5 heteroatoms. The van der Waals surface area contributed by atoms with Crippen LogP contribution < -0.4 is 15.2 Å². The van der Waals surface area contributed by atoms with Gasteiger partial charge in [0.05, 0.1) is 11.2 Å². The zero-order chi connectivity index (χ0) is 14.2. The van der Waals surface area contributed by atoms with Crippen molar-refractivity contribution in [3.63, 3.8) is 0 Å². The van der Waals surface area contributed by atoms with Gasteiger partial charge in [0, 0.05) is 22.7 Å². The highest BCUT2D eigenvalue weighted by molar-refractivity contribution is 5.90. The number of nitrogens with zero attached hydrogens (tertiary/aromatic N) is 1. The molecule has 3 aromatic rings. The average molecular weight is 279 g/mol. The molecule has 104 valence electrons. The third-order valence-corrected chi connectivity index (χ3v) is 3.50. The van der Waals surface area contributed by atoms with Gasteiger partial charge in [-0.05, 0) is 18.2 Å². The van der Waals surface area contributed by atoms with Crippen molar-refractivity contribution in [2.75, 3.05) is 12.5 Å². The minimum Gasteiger partial charge on any atom is -0.454 e. The molecule has 0 bridgehead atoms. The monoisotopic (exact) mass is 279 g/mol. The number of nitrogens with one attached hydrogen (secondary N) is 1. The SMILES string of the molecule is Nc1cc2c(cc1C=Cc1n[nH]c3ccccc13)OCO2.